The maximum Gasteiger partial charge on any atom is 0.153 e. The van der Waals surface area contributed by atoms with Gasteiger partial charge in [-0.25, -0.2) is 0 Å². The Balaban J connectivity index is 2.12. The molecular weight excluding hydrogens is 274 g/mol. The number of carbonyl (C=O) groups excluding carboxylic acids is 1. The van der Waals surface area contributed by atoms with E-state index in [1.807, 2.05) is 6.07 Å². The van der Waals surface area contributed by atoms with Crippen LogP contribution >= 0.6 is 15.9 Å². The summed E-state index contributed by atoms with van der Waals surface area (Å²) in [5, 5.41) is 3.56. The molecule has 0 spiro atoms. The Labute approximate surface area is 100 Å². The second-order valence-electron chi connectivity index (χ2n) is 3.12. The second-order valence-corrected chi connectivity index (χ2v) is 4.04. The van der Waals surface area contributed by atoms with Crippen molar-refractivity contribution in [3.63, 3.8) is 0 Å². The number of nitrogens with zero attached hydrogens (tertiary/aromatic N) is 1. The van der Waals surface area contributed by atoms with E-state index in [1.165, 1.54) is 6.26 Å². The number of benzene rings is 1. The molecule has 0 bridgehead atoms. The Hall–Kier alpha value is -1.62. The predicted molar refractivity (Wildman–Crippen MR) is 60.4 cm³/mol. The molecule has 0 amide bonds. The number of rotatable bonds is 4. The van der Waals surface area contributed by atoms with Crippen molar-refractivity contribution in [1.82, 2.24) is 5.16 Å². The lowest BCUT2D eigenvalue weighted by molar-refractivity contribution is 0.111. The summed E-state index contributed by atoms with van der Waals surface area (Å²) in [6.07, 6.45) is 3.83. The molecule has 0 saturated heterocycles. The molecule has 82 valence electrons. The molecule has 0 aliphatic rings. The molecule has 1 aromatic carbocycles. The average Bonchev–Trinajstić information content (AvgIpc) is 2.80. The van der Waals surface area contributed by atoms with E-state index in [-0.39, 0.29) is 0 Å². The van der Waals surface area contributed by atoms with Gasteiger partial charge in [0, 0.05) is 10.0 Å². The number of carbonyl (C=O) groups is 1. The topological polar surface area (TPSA) is 52.3 Å². The minimum atomic E-state index is 0.325. The fraction of sp³-hybridized carbons (Fsp3) is 0.0909. The van der Waals surface area contributed by atoms with Gasteiger partial charge in [-0.15, -0.1) is 0 Å². The van der Waals surface area contributed by atoms with Crippen LogP contribution in [0.5, 0.6) is 5.75 Å². The molecule has 0 N–H and O–H groups in total. The summed E-state index contributed by atoms with van der Waals surface area (Å²) in [5.41, 5.74) is 1.32. The molecule has 2 aromatic rings. The van der Waals surface area contributed by atoms with Gasteiger partial charge < -0.3 is 9.26 Å². The molecule has 4 nitrogen and oxygen atoms in total. The first-order valence-electron chi connectivity index (χ1n) is 4.55. The summed E-state index contributed by atoms with van der Waals surface area (Å²) in [6, 6.07) is 5.26. The van der Waals surface area contributed by atoms with Crippen LogP contribution in [0.25, 0.3) is 0 Å². The van der Waals surface area contributed by atoms with E-state index in [1.54, 1.807) is 18.3 Å². The van der Waals surface area contributed by atoms with Gasteiger partial charge in [-0.2, -0.15) is 0 Å². The van der Waals surface area contributed by atoms with Crippen molar-refractivity contribution < 1.29 is 14.1 Å². The molecule has 0 aliphatic carbocycles. The summed E-state index contributed by atoms with van der Waals surface area (Å²) < 4.78 is 11.0. The monoisotopic (exact) mass is 281 g/mol. The first kappa shape index (κ1) is 10.9. The summed E-state index contributed by atoms with van der Waals surface area (Å²) in [6.45, 7) is 0.325. The van der Waals surface area contributed by atoms with Crippen LogP contribution in [-0.4, -0.2) is 11.4 Å². The van der Waals surface area contributed by atoms with Crippen molar-refractivity contribution in [3.8, 4) is 5.75 Å². The number of hydrogen-bond donors (Lipinski definition) is 0. The molecular formula is C11H8BrNO3. The van der Waals surface area contributed by atoms with Crippen LogP contribution in [0, 0.1) is 0 Å². The smallest absolute Gasteiger partial charge is 0.153 e. The fourth-order valence-electron chi connectivity index (χ4n) is 1.20. The molecule has 0 radical (unpaired) electrons. The minimum absolute atomic E-state index is 0.325. The standard InChI is InChI=1S/C11H8BrNO3/c12-10-1-2-11(9(3-10)5-14)15-6-8-4-13-16-7-8/h1-5,7H,6H2. The van der Waals surface area contributed by atoms with Gasteiger partial charge in [0.05, 0.1) is 11.8 Å². The van der Waals surface area contributed by atoms with Crippen molar-refractivity contribution >= 4 is 22.2 Å². The zero-order valence-corrected chi connectivity index (χ0v) is 9.81. The van der Waals surface area contributed by atoms with E-state index < -0.39 is 0 Å². The van der Waals surface area contributed by atoms with Crippen LogP contribution in [0.2, 0.25) is 0 Å². The summed E-state index contributed by atoms with van der Waals surface area (Å²) >= 11 is 3.29. The summed E-state index contributed by atoms with van der Waals surface area (Å²) in [4.78, 5) is 10.8. The lowest BCUT2D eigenvalue weighted by Crippen LogP contribution is -1.97. The molecule has 1 heterocycles. The lowest BCUT2D eigenvalue weighted by atomic mass is 10.2. The third-order valence-corrected chi connectivity index (χ3v) is 2.47. The third-order valence-electron chi connectivity index (χ3n) is 1.98. The molecule has 5 heteroatoms. The molecule has 16 heavy (non-hydrogen) atoms. The molecule has 0 fully saturated rings. The highest BCUT2D eigenvalue weighted by Gasteiger charge is 2.04. The zero-order chi connectivity index (χ0) is 11.4. The molecule has 0 atom stereocenters. The number of aldehydes is 1. The Bertz CT molecular complexity index is 482. The highest BCUT2D eigenvalue weighted by Crippen LogP contribution is 2.22. The van der Waals surface area contributed by atoms with Crippen LogP contribution in [0.15, 0.2) is 39.7 Å². The first-order chi connectivity index (χ1) is 7.79. The van der Waals surface area contributed by atoms with Gasteiger partial charge in [0.2, 0.25) is 0 Å². The maximum atomic E-state index is 10.8. The van der Waals surface area contributed by atoms with Crippen LogP contribution in [-0.2, 0) is 6.61 Å². The van der Waals surface area contributed by atoms with Crippen LogP contribution in [0.3, 0.4) is 0 Å². The molecule has 0 aliphatic heterocycles. The first-order valence-corrected chi connectivity index (χ1v) is 5.34. The van der Waals surface area contributed by atoms with E-state index in [4.69, 9.17) is 4.74 Å². The Morgan fingerprint density at radius 1 is 1.50 bits per heavy atom. The number of halogens is 1. The zero-order valence-electron chi connectivity index (χ0n) is 8.22. The van der Waals surface area contributed by atoms with E-state index >= 15 is 0 Å². The van der Waals surface area contributed by atoms with Crippen molar-refractivity contribution in [2.24, 2.45) is 0 Å². The average molecular weight is 282 g/mol. The normalized spacial score (nSPS) is 10.1. The largest absolute Gasteiger partial charge is 0.488 e. The molecule has 0 saturated carbocycles. The number of ether oxygens (including phenoxy) is 1. The minimum Gasteiger partial charge on any atom is -0.488 e. The summed E-state index contributed by atoms with van der Waals surface area (Å²) in [7, 11) is 0. The molecule has 2 rings (SSSR count). The third kappa shape index (κ3) is 2.49. The Morgan fingerprint density at radius 3 is 3.06 bits per heavy atom. The van der Waals surface area contributed by atoms with E-state index in [2.05, 4.69) is 25.6 Å². The lowest BCUT2D eigenvalue weighted by Gasteiger charge is -2.06. The summed E-state index contributed by atoms with van der Waals surface area (Å²) in [5.74, 6) is 0.541. The van der Waals surface area contributed by atoms with E-state index in [9.17, 15) is 4.79 Å². The van der Waals surface area contributed by atoms with Gasteiger partial charge in [-0.3, -0.25) is 4.79 Å². The SMILES string of the molecule is O=Cc1cc(Br)ccc1OCc1cnoc1. The molecule has 1 aromatic heterocycles. The van der Waals surface area contributed by atoms with Crippen LogP contribution in [0.4, 0.5) is 0 Å². The highest BCUT2D eigenvalue weighted by molar-refractivity contribution is 9.10. The van der Waals surface area contributed by atoms with Crippen molar-refractivity contribution in [1.29, 1.82) is 0 Å². The van der Waals surface area contributed by atoms with E-state index in [0.717, 1.165) is 16.3 Å². The van der Waals surface area contributed by atoms with Gasteiger partial charge in [-0.05, 0) is 18.2 Å². The Morgan fingerprint density at radius 2 is 2.38 bits per heavy atom. The van der Waals surface area contributed by atoms with Gasteiger partial charge in [0.15, 0.2) is 6.29 Å². The van der Waals surface area contributed by atoms with Gasteiger partial charge in [0.1, 0.15) is 18.6 Å². The second kappa shape index (κ2) is 4.94. The Kier molecular flexibility index (Phi) is 3.36. The van der Waals surface area contributed by atoms with Crippen LogP contribution in [0.1, 0.15) is 15.9 Å². The van der Waals surface area contributed by atoms with Crippen LogP contribution < -0.4 is 4.74 Å². The predicted octanol–water partition coefficient (Wildman–Crippen LogP) is 2.83. The van der Waals surface area contributed by atoms with Gasteiger partial charge in [0.25, 0.3) is 0 Å². The van der Waals surface area contributed by atoms with Gasteiger partial charge >= 0.3 is 0 Å². The van der Waals surface area contributed by atoms with E-state index in [0.29, 0.717) is 17.9 Å². The van der Waals surface area contributed by atoms with Crippen molar-refractivity contribution in [3.05, 3.63) is 46.3 Å². The number of aromatic nitrogens is 1. The van der Waals surface area contributed by atoms with Gasteiger partial charge in [-0.1, -0.05) is 21.1 Å². The number of hydrogen-bond acceptors (Lipinski definition) is 4. The van der Waals surface area contributed by atoms with Crippen molar-refractivity contribution in [2.45, 2.75) is 6.61 Å². The highest BCUT2D eigenvalue weighted by atomic mass is 79.9. The fourth-order valence-corrected chi connectivity index (χ4v) is 1.58. The van der Waals surface area contributed by atoms with Crippen molar-refractivity contribution in [2.75, 3.05) is 0 Å². The quantitative estimate of drug-likeness (QED) is 0.809. The maximum absolute atomic E-state index is 10.8. The molecule has 0 unspecified atom stereocenters.